The zero-order valence-electron chi connectivity index (χ0n) is 15.2. The van der Waals surface area contributed by atoms with Crippen molar-refractivity contribution in [2.24, 2.45) is 11.1 Å². The predicted molar refractivity (Wildman–Crippen MR) is 96.8 cm³/mol. The normalized spacial score (nSPS) is 26.7. The number of hydrogen-bond donors (Lipinski definition) is 2. The van der Waals surface area contributed by atoms with Crippen molar-refractivity contribution in [2.45, 2.75) is 25.4 Å². The predicted octanol–water partition coefficient (Wildman–Crippen LogP) is 0.470. The second-order valence-electron chi connectivity index (χ2n) is 7.47. The van der Waals surface area contributed by atoms with E-state index < -0.39 is 5.91 Å². The van der Waals surface area contributed by atoms with Gasteiger partial charge in [-0.1, -0.05) is 12.1 Å². The highest BCUT2D eigenvalue weighted by Crippen LogP contribution is 2.38. The Morgan fingerprint density at radius 1 is 1.31 bits per heavy atom. The first-order valence-corrected chi connectivity index (χ1v) is 9.07. The third kappa shape index (κ3) is 3.83. The Morgan fingerprint density at radius 2 is 2.08 bits per heavy atom. The minimum Gasteiger partial charge on any atom is -0.483 e. The zero-order valence-corrected chi connectivity index (χ0v) is 15.2. The number of ether oxygens (including phenoxy) is 1. The van der Waals surface area contributed by atoms with Gasteiger partial charge in [0.2, 0.25) is 0 Å². The highest BCUT2D eigenvalue weighted by Gasteiger charge is 2.45. The summed E-state index contributed by atoms with van der Waals surface area (Å²) in [6.45, 7) is 2.73. The number of nitrogens with two attached hydrogens (primary N) is 1. The maximum Gasteiger partial charge on any atom is 0.260 e. The van der Waals surface area contributed by atoms with Crippen molar-refractivity contribution in [1.29, 1.82) is 0 Å². The summed E-state index contributed by atoms with van der Waals surface area (Å²) in [6, 6.07) is 6.64. The van der Waals surface area contributed by atoms with Crippen LogP contribution in [0.3, 0.4) is 0 Å². The quantitative estimate of drug-likeness (QED) is 0.813. The molecular weight excluding hydrogens is 334 g/mol. The average molecular weight is 361 g/mol. The maximum atomic E-state index is 12.7. The number of aliphatic hydroxyl groups excluding tert-OH is 1. The topological polar surface area (TPSA) is 96.1 Å². The van der Waals surface area contributed by atoms with Gasteiger partial charge in [-0.3, -0.25) is 9.59 Å². The lowest BCUT2D eigenvalue weighted by Crippen LogP contribution is -2.59. The lowest BCUT2D eigenvalue weighted by Gasteiger charge is -2.50. The molecule has 7 heteroatoms. The van der Waals surface area contributed by atoms with Crippen LogP contribution in [0.5, 0.6) is 5.75 Å². The molecule has 3 rings (SSSR count). The number of nitrogens with zero attached hydrogens (tertiary/aromatic N) is 2. The number of piperidine rings is 2. The molecule has 2 saturated heterocycles. The largest absolute Gasteiger partial charge is 0.483 e. The van der Waals surface area contributed by atoms with Gasteiger partial charge in [-0.25, -0.2) is 0 Å². The van der Waals surface area contributed by atoms with Crippen LogP contribution >= 0.6 is 0 Å². The molecule has 0 aromatic heterocycles. The molecule has 0 saturated carbocycles. The molecule has 142 valence electrons. The molecule has 1 spiro atoms. The highest BCUT2D eigenvalue weighted by atomic mass is 16.5. The molecule has 0 unspecified atom stereocenters. The number of aliphatic hydroxyl groups is 1. The number of rotatable bonds is 4. The van der Waals surface area contributed by atoms with Crippen LogP contribution < -0.4 is 10.5 Å². The van der Waals surface area contributed by atoms with E-state index >= 15 is 0 Å². The monoisotopic (exact) mass is 361 g/mol. The number of carbonyl (C=O) groups is 2. The molecule has 3 N–H and O–H groups in total. The third-order valence-corrected chi connectivity index (χ3v) is 5.54. The van der Waals surface area contributed by atoms with E-state index in [0.717, 1.165) is 32.4 Å². The van der Waals surface area contributed by atoms with Gasteiger partial charge in [0.15, 0.2) is 6.61 Å². The van der Waals surface area contributed by atoms with E-state index in [1.54, 1.807) is 29.2 Å². The van der Waals surface area contributed by atoms with Crippen molar-refractivity contribution in [3.63, 3.8) is 0 Å². The summed E-state index contributed by atoms with van der Waals surface area (Å²) in [5, 5.41) is 10.6. The number of benzene rings is 1. The molecule has 0 aliphatic carbocycles. The lowest BCUT2D eigenvalue weighted by atomic mass is 9.71. The van der Waals surface area contributed by atoms with Gasteiger partial charge in [-0.05, 0) is 38.4 Å². The summed E-state index contributed by atoms with van der Waals surface area (Å²) in [4.78, 5) is 28.1. The molecular formula is C19H27N3O4. The van der Waals surface area contributed by atoms with Gasteiger partial charge in [-0.2, -0.15) is 0 Å². The minimum absolute atomic E-state index is 0.135. The zero-order chi connectivity index (χ0) is 18.7. The Morgan fingerprint density at radius 3 is 2.85 bits per heavy atom. The Kier molecular flexibility index (Phi) is 5.48. The Balaban J connectivity index is 1.64. The molecule has 2 aliphatic heterocycles. The van der Waals surface area contributed by atoms with E-state index in [4.69, 9.17) is 10.5 Å². The van der Waals surface area contributed by atoms with Gasteiger partial charge < -0.3 is 25.4 Å². The van der Waals surface area contributed by atoms with Crippen LogP contribution in [0.25, 0.3) is 0 Å². The molecule has 2 aliphatic rings. The summed E-state index contributed by atoms with van der Waals surface area (Å²) < 4.78 is 5.57. The van der Waals surface area contributed by atoms with Crippen LogP contribution in [0.1, 0.15) is 29.6 Å². The van der Waals surface area contributed by atoms with Gasteiger partial charge in [0.25, 0.3) is 11.8 Å². The van der Waals surface area contributed by atoms with E-state index in [-0.39, 0.29) is 29.6 Å². The second-order valence-corrected chi connectivity index (χ2v) is 7.47. The van der Waals surface area contributed by atoms with Crippen molar-refractivity contribution in [2.75, 3.05) is 39.8 Å². The molecule has 0 bridgehead atoms. The smallest absolute Gasteiger partial charge is 0.260 e. The molecule has 1 aromatic carbocycles. The van der Waals surface area contributed by atoms with Gasteiger partial charge >= 0.3 is 0 Å². The standard InChI is InChI=1S/C19H27N3O4/c1-21-10-7-16(23)19(12-21)8-4-9-22(13-19)17(24)11-26-15-6-3-2-5-14(15)18(20)25/h2-3,5-6,16,23H,4,7-13H2,1H3,(H2,20,25)/t16-,19-/m0/s1. The number of amides is 2. The Hall–Kier alpha value is -2.12. The van der Waals surface area contributed by atoms with E-state index in [9.17, 15) is 14.7 Å². The number of primary amides is 1. The first kappa shape index (κ1) is 18.7. The fraction of sp³-hybridized carbons (Fsp3) is 0.579. The Bertz CT molecular complexity index is 681. The van der Waals surface area contributed by atoms with Gasteiger partial charge in [0, 0.05) is 31.6 Å². The van der Waals surface area contributed by atoms with E-state index in [1.165, 1.54) is 0 Å². The van der Waals surface area contributed by atoms with Crippen LogP contribution in [-0.4, -0.2) is 72.7 Å². The maximum absolute atomic E-state index is 12.7. The van der Waals surface area contributed by atoms with Crippen molar-refractivity contribution >= 4 is 11.8 Å². The highest BCUT2D eigenvalue weighted by molar-refractivity contribution is 5.95. The van der Waals surface area contributed by atoms with Gasteiger partial charge in [0.1, 0.15) is 5.75 Å². The Labute approximate surface area is 153 Å². The van der Waals surface area contributed by atoms with E-state index in [2.05, 4.69) is 11.9 Å². The fourth-order valence-corrected chi connectivity index (χ4v) is 4.17. The molecule has 7 nitrogen and oxygen atoms in total. The molecule has 2 amide bonds. The van der Waals surface area contributed by atoms with E-state index in [1.807, 2.05) is 0 Å². The molecule has 2 atom stereocenters. The van der Waals surface area contributed by atoms with Gasteiger partial charge in [0.05, 0.1) is 11.7 Å². The van der Waals surface area contributed by atoms with Crippen LogP contribution in [0.15, 0.2) is 24.3 Å². The minimum atomic E-state index is -0.585. The van der Waals surface area contributed by atoms with Crippen LogP contribution in [-0.2, 0) is 4.79 Å². The van der Waals surface area contributed by atoms with Gasteiger partial charge in [-0.15, -0.1) is 0 Å². The first-order chi connectivity index (χ1) is 12.4. The summed E-state index contributed by atoms with van der Waals surface area (Å²) >= 11 is 0. The number of likely N-dealkylation sites (tertiary alicyclic amines) is 2. The summed E-state index contributed by atoms with van der Waals surface area (Å²) in [6.07, 6.45) is 2.15. The van der Waals surface area contributed by atoms with Crippen molar-refractivity contribution < 1.29 is 19.4 Å². The molecule has 26 heavy (non-hydrogen) atoms. The first-order valence-electron chi connectivity index (χ1n) is 9.07. The molecule has 2 heterocycles. The van der Waals surface area contributed by atoms with Crippen LogP contribution in [0, 0.1) is 5.41 Å². The second kappa shape index (κ2) is 7.63. The SMILES string of the molecule is CN1CC[C@H](O)[C@@]2(CCCN(C(=O)COc3ccccc3C(N)=O)C2)C1. The summed E-state index contributed by atoms with van der Waals surface area (Å²) in [5.74, 6) is -0.403. The van der Waals surface area contributed by atoms with Crippen LogP contribution in [0.2, 0.25) is 0 Å². The van der Waals surface area contributed by atoms with Crippen LogP contribution in [0.4, 0.5) is 0 Å². The van der Waals surface area contributed by atoms with Crippen molar-refractivity contribution in [3.8, 4) is 5.75 Å². The van der Waals surface area contributed by atoms with Crippen molar-refractivity contribution in [1.82, 2.24) is 9.80 Å². The summed E-state index contributed by atoms with van der Waals surface area (Å²) in [5.41, 5.74) is 5.34. The lowest BCUT2D eigenvalue weighted by molar-refractivity contribution is -0.142. The third-order valence-electron chi connectivity index (χ3n) is 5.54. The van der Waals surface area contributed by atoms with E-state index in [0.29, 0.717) is 18.8 Å². The summed E-state index contributed by atoms with van der Waals surface area (Å²) in [7, 11) is 2.05. The average Bonchev–Trinajstić information content (AvgIpc) is 2.63. The number of carbonyl (C=O) groups excluding carboxylic acids is 2. The fourth-order valence-electron chi connectivity index (χ4n) is 4.17. The molecule has 1 aromatic rings. The van der Waals surface area contributed by atoms with Crippen molar-refractivity contribution in [3.05, 3.63) is 29.8 Å². The molecule has 2 fully saturated rings. The molecule has 0 radical (unpaired) electrons. The number of hydrogen-bond acceptors (Lipinski definition) is 5. The number of para-hydroxylation sites is 1.